The highest BCUT2D eigenvalue weighted by atomic mass is 32.2. The quantitative estimate of drug-likeness (QED) is 0.561. The maximum absolute atomic E-state index is 12.7. The molecule has 0 radical (unpaired) electrons. The van der Waals surface area contributed by atoms with Crippen LogP contribution in [0.25, 0.3) is 0 Å². The SMILES string of the molecule is Nc1cc(S(=O)(=O)c2ccc(OC(F)(F)F)cc2)cnc1C(=O)NCCc1ccco1. The fourth-order valence-electron chi connectivity index (χ4n) is 2.59. The molecule has 3 aromatic rings. The van der Waals surface area contributed by atoms with E-state index in [4.69, 9.17) is 10.2 Å². The first-order chi connectivity index (χ1) is 14.6. The average molecular weight is 455 g/mol. The van der Waals surface area contributed by atoms with Gasteiger partial charge in [-0.1, -0.05) is 0 Å². The molecular weight excluding hydrogens is 439 g/mol. The predicted octanol–water partition coefficient (Wildman–Crippen LogP) is 2.96. The van der Waals surface area contributed by atoms with Gasteiger partial charge >= 0.3 is 6.36 Å². The van der Waals surface area contributed by atoms with Crippen LogP contribution in [0.5, 0.6) is 5.75 Å². The first-order valence-corrected chi connectivity index (χ1v) is 10.2. The number of alkyl halides is 3. The number of pyridine rings is 1. The number of aromatic nitrogens is 1. The number of ether oxygens (including phenoxy) is 1. The maximum Gasteiger partial charge on any atom is 0.573 e. The highest BCUT2D eigenvalue weighted by Crippen LogP contribution is 2.27. The molecule has 12 heteroatoms. The first-order valence-electron chi connectivity index (χ1n) is 8.73. The second kappa shape index (κ2) is 8.68. The molecule has 0 spiro atoms. The summed E-state index contributed by atoms with van der Waals surface area (Å²) in [5.41, 5.74) is 5.47. The van der Waals surface area contributed by atoms with Crippen LogP contribution in [0.15, 0.2) is 69.1 Å². The lowest BCUT2D eigenvalue weighted by Crippen LogP contribution is -2.27. The smallest absolute Gasteiger partial charge is 0.469 e. The van der Waals surface area contributed by atoms with E-state index in [-0.39, 0.29) is 27.7 Å². The zero-order valence-electron chi connectivity index (χ0n) is 15.7. The van der Waals surface area contributed by atoms with E-state index >= 15 is 0 Å². The lowest BCUT2D eigenvalue weighted by Gasteiger charge is -2.11. The molecular formula is C19H16F3N3O5S. The third-order valence-electron chi connectivity index (χ3n) is 4.02. The van der Waals surface area contributed by atoms with Crippen molar-refractivity contribution in [2.24, 2.45) is 0 Å². The summed E-state index contributed by atoms with van der Waals surface area (Å²) >= 11 is 0. The Morgan fingerprint density at radius 3 is 2.45 bits per heavy atom. The second-order valence-electron chi connectivity index (χ2n) is 6.22. The van der Waals surface area contributed by atoms with Crippen LogP contribution >= 0.6 is 0 Å². The minimum atomic E-state index is -4.90. The summed E-state index contributed by atoms with van der Waals surface area (Å²) in [6.07, 6.45) is -1.99. The number of amides is 1. The molecule has 3 N–H and O–H groups in total. The summed E-state index contributed by atoms with van der Waals surface area (Å²) in [5.74, 6) is -0.485. The number of halogens is 3. The first kappa shape index (κ1) is 22.2. The van der Waals surface area contributed by atoms with Crippen LogP contribution in [0.2, 0.25) is 0 Å². The second-order valence-corrected chi connectivity index (χ2v) is 8.17. The average Bonchev–Trinajstić information content (AvgIpc) is 3.20. The van der Waals surface area contributed by atoms with Gasteiger partial charge in [-0.25, -0.2) is 13.4 Å². The van der Waals surface area contributed by atoms with Gasteiger partial charge in [0.25, 0.3) is 5.91 Å². The van der Waals surface area contributed by atoms with Crippen molar-refractivity contribution >= 4 is 21.4 Å². The zero-order chi connectivity index (χ0) is 22.6. The van der Waals surface area contributed by atoms with Crippen molar-refractivity contribution < 1.29 is 35.5 Å². The summed E-state index contributed by atoms with van der Waals surface area (Å²) in [7, 11) is -4.13. The van der Waals surface area contributed by atoms with Crippen molar-refractivity contribution in [3.05, 3.63) is 66.4 Å². The number of nitrogens with zero attached hydrogens (tertiary/aromatic N) is 1. The Hall–Kier alpha value is -3.54. The van der Waals surface area contributed by atoms with E-state index in [0.717, 1.165) is 36.5 Å². The number of nitrogen functional groups attached to an aromatic ring is 1. The van der Waals surface area contributed by atoms with Crippen molar-refractivity contribution in [3.8, 4) is 5.75 Å². The van der Waals surface area contributed by atoms with Gasteiger partial charge in [-0.3, -0.25) is 4.79 Å². The molecule has 0 saturated carbocycles. The lowest BCUT2D eigenvalue weighted by atomic mass is 10.2. The molecule has 0 atom stereocenters. The number of carbonyl (C=O) groups excluding carboxylic acids is 1. The lowest BCUT2D eigenvalue weighted by molar-refractivity contribution is -0.274. The standard InChI is InChI=1S/C19H16F3N3O5S/c20-19(21,22)30-13-3-5-14(6-4-13)31(27,28)15-10-16(23)17(25-11-15)18(26)24-8-7-12-2-1-9-29-12/h1-6,9-11H,7-8,23H2,(H,24,26). The van der Waals surface area contributed by atoms with E-state index in [1.807, 2.05) is 0 Å². The van der Waals surface area contributed by atoms with Gasteiger partial charge in [0.1, 0.15) is 11.5 Å². The number of anilines is 1. The molecule has 2 aromatic heterocycles. The molecule has 1 amide bonds. The molecule has 3 rings (SSSR count). The van der Waals surface area contributed by atoms with Crippen LogP contribution < -0.4 is 15.8 Å². The van der Waals surface area contributed by atoms with Gasteiger partial charge in [-0.15, -0.1) is 13.2 Å². The summed E-state index contributed by atoms with van der Waals surface area (Å²) < 4.78 is 71.0. The van der Waals surface area contributed by atoms with Gasteiger partial charge in [-0.2, -0.15) is 0 Å². The molecule has 31 heavy (non-hydrogen) atoms. The third-order valence-corrected chi connectivity index (χ3v) is 5.76. The molecule has 164 valence electrons. The molecule has 0 aliphatic rings. The number of benzene rings is 1. The van der Waals surface area contributed by atoms with Crippen LogP contribution in [-0.2, 0) is 16.3 Å². The fourth-order valence-corrected chi connectivity index (χ4v) is 3.83. The van der Waals surface area contributed by atoms with Crippen LogP contribution in [0, 0.1) is 0 Å². The van der Waals surface area contributed by atoms with E-state index in [2.05, 4.69) is 15.0 Å². The van der Waals surface area contributed by atoms with Crippen LogP contribution in [-0.4, -0.2) is 32.2 Å². The van der Waals surface area contributed by atoms with E-state index in [1.54, 1.807) is 12.1 Å². The molecule has 0 unspecified atom stereocenters. The van der Waals surface area contributed by atoms with Gasteiger partial charge in [0.2, 0.25) is 9.84 Å². The molecule has 0 aliphatic carbocycles. The molecule has 0 fully saturated rings. The summed E-state index contributed by atoms with van der Waals surface area (Å²) in [5, 5.41) is 2.60. The summed E-state index contributed by atoms with van der Waals surface area (Å²) in [6, 6.07) is 8.19. The van der Waals surface area contributed by atoms with Gasteiger partial charge < -0.3 is 20.2 Å². The predicted molar refractivity (Wildman–Crippen MR) is 102 cm³/mol. The van der Waals surface area contributed by atoms with Crippen molar-refractivity contribution in [3.63, 3.8) is 0 Å². The van der Waals surface area contributed by atoms with E-state index in [0.29, 0.717) is 12.2 Å². The van der Waals surface area contributed by atoms with Gasteiger partial charge in [0.15, 0.2) is 5.69 Å². The minimum Gasteiger partial charge on any atom is -0.469 e. The summed E-state index contributed by atoms with van der Waals surface area (Å²) in [4.78, 5) is 15.5. The van der Waals surface area contributed by atoms with Gasteiger partial charge in [0.05, 0.1) is 21.7 Å². The van der Waals surface area contributed by atoms with Crippen molar-refractivity contribution in [1.82, 2.24) is 10.3 Å². The Balaban J connectivity index is 1.72. The molecule has 1 aromatic carbocycles. The Bertz CT molecular complexity index is 1160. The van der Waals surface area contributed by atoms with Gasteiger partial charge in [0, 0.05) is 19.2 Å². The highest BCUT2D eigenvalue weighted by molar-refractivity contribution is 7.91. The van der Waals surface area contributed by atoms with Crippen molar-refractivity contribution in [2.45, 2.75) is 22.6 Å². The molecule has 0 saturated heterocycles. The Morgan fingerprint density at radius 2 is 1.87 bits per heavy atom. The zero-order valence-corrected chi connectivity index (χ0v) is 16.5. The van der Waals surface area contributed by atoms with Gasteiger partial charge in [-0.05, 0) is 42.5 Å². The fraction of sp³-hybridized carbons (Fsp3) is 0.158. The largest absolute Gasteiger partial charge is 0.573 e. The molecule has 0 aliphatic heterocycles. The van der Waals surface area contributed by atoms with E-state index in [1.165, 1.54) is 6.26 Å². The Labute approximate surface area is 174 Å². The normalized spacial score (nSPS) is 11.8. The number of rotatable bonds is 7. The molecule has 2 heterocycles. The number of nitrogens with one attached hydrogen (secondary N) is 1. The Morgan fingerprint density at radius 1 is 1.16 bits per heavy atom. The number of furan rings is 1. The molecule has 8 nitrogen and oxygen atoms in total. The highest BCUT2D eigenvalue weighted by Gasteiger charge is 2.31. The summed E-state index contributed by atoms with van der Waals surface area (Å²) in [6.45, 7) is 0.250. The molecule has 0 bridgehead atoms. The number of carbonyl (C=O) groups is 1. The number of hydrogen-bond acceptors (Lipinski definition) is 7. The Kier molecular flexibility index (Phi) is 6.20. The van der Waals surface area contributed by atoms with E-state index in [9.17, 15) is 26.4 Å². The number of hydrogen-bond donors (Lipinski definition) is 2. The number of sulfone groups is 1. The van der Waals surface area contributed by atoms with Crippen molar-refractivity contribution in [2.75, 3.05) is 12.3 Å². The number of nitrogens with two attached hydrogens (primary N) is 1. The van der Waals surface area contributed by atoms with Crippen molar-refractivity contribution in [1.29, 1.82) is 0 Å². The minimum absolute atomic E-state index is 0.160. The maximum atomic E-state index is 12.7. The monoisotopic (exact) mass is 455 g/mol. The van der Waals surface area contributed by atoms with Crippen LogP contribution in [0.4, 0.5) is 18.9 Å². The van der Waals surface area contributed by atoms with Crippen LogP contribution in [0.3, 0.4) is 0 Å². The van der Waals surface area contributed by atoms with Crippen LogP contribution in [0.1, 0.15) is 16.2 Å². The topological polar surface area (TPSA) is 125 Å². The third kappa shape index (κ3) is 5.54. The van der Waals surface area contributed by atoms with E-state index < -0.39 is 27.9 Å².